The Hall–Kier alpha value is -1.59. The number of hydrogen-bond donors (Lipinski definition) is 3. The van der Waals surface area contributed by atoms with E-state index in [-0.39, 0.29) is 11.9 Å². The summed E-state index contributed by atoms with van der Waals surface area (Å²) < 4.78 is 5.14. The lowest BCUT2D eigenvalue weighted by atomic mass is 10.1. The van der Waals surface area contributed by atoms with E-state index in [1.807, 2.05) is 18.2 Å². The van der Waals surface area contributed by atoms with E-state index >= 15 is 0 Å². The third-order valence-corrected chi connectivity index (χ3v) is 2.58. The van der Waals surface area contributed by atoms with Gasteiger partial charge >= 0.3 is 0 Å². The van der Waals surface area contributed by atoms with Gasteiger partial charge in [0.05, 0.1) is 7.11 Å². The number of hydrogen-bond acceptors (Lipinski definition) is 4. The number of nitrogens with two attached hydrogens (primary N) is 1. The van der Waals surface area contributed by atoms with Crippen molar-refractivity contribution in [2.75, 3.05) is 25.5 Å². The molecule has 2 rings (SSSR count). The smallest absolute Gasteiger partial charge is 0.246 e. The van der Waals surface area contributed by atoms with Gasteiger partial charge in [-0.2, -0.15) is 0 Å². The van der Waals surface area contributed by atoms with Crippen molar-refractivity contribution in [1.82, 2.24) is 5.32 Å². The molecule has 0 spiro atoms. The van der Waals surface area contributed by atoms with Crippen LogP contribution < -0.4 is 21.1 Å². The number of amides is 1. The molecule has 0 aliphatic carbocycles. The summed E-state index contributed by atoms with van der Waals surface area (Å²) in [6.07, 6.45) is 0. The largest absolute Gasteiger partial charge is 0.497 e. The Balaban J connectivity index is 2.27. The molecular formula is C11H15N3O2. The van der Waals surface area contributed by atoms with Crippen molar-refractivity contribution >= 4 is 11.6 Å². The fourth-order valence-electron chi connectivity index (χ4n) is 1.80. The second-order valence-corrected chi connectivity index (χ2v) is 3.62. The lowest BCUT2D eigenvalue weighted by Crippen LogP contribution is -2.31. The highest BCUT2D eigenvalue weighted by molar-refractivity contribution is 6.02. The van der Waals surface area contributed by atoms with Crippen molar-refractivity contribution in [3.63, 3.8) is 0 Å². The Kier molecular flexibility index (Phi) is 3.07. The predicted octanol–water partition coefficient (Wildman–Crippen LogP) is 0.237. The van der Waals surface area contributed by atoms with Crippen LogP contribution in [0.5, 0.6) is 5.75 Å². The molecule has 5 heteroatoms. The molecule has 1 aliphatic heterocycles. The summed E-state index contributed by atoms with van der Waals surface area (Å²) in [6.45, 7) is 1.11. The van der Waals surface area contributed by atoms with Crippen LogP contribution in [0.2, 0.25) is 0 Å². The first-order chi connectivity index (χ1) is 7.76. The summed E-state index contributed by atoms with van der Waals surface area (Å²) in [4.78, 5) is 11.7. The average molecular weight is 221 g/mol. The second-order valence-electron chi connectivity index (χ2n) is 3.62. The monoisotopic (exact) mass is 221 g/mol. The fraction of sp³-hybridized carbons (Fsp3) is 0.364. The molecule has 1 aliphatic rings. The number of fused-ring (bicyclic) bond motifs is 1. The Morgan fingerprint density at radius 2 is 2.38 bits per heavy atom. The summed E-state index contributed by atoms with van der Waals surface area (Å²) in [6, 6.07) is 5.20. The van der Waals surface area contributed by atoms with Gasteiger partial charge in [0.25, 0.3) is 0 Å². The van der Waals surface area contributed by atoms with E-state index in [2.05, 4.69) is 10.6 Å². The highest BCUT2D eigenvalue weighted by Gasteiger charge is 2.30. The number of rotatable bonds is 4. The Morgan fingerprint density at radius 3 is 3.06 bits per heavy atom. The third-order valence-electron chi connectivity index (χ3n) is 2.58. The van der Waals surface area contributed by atoms with Crippen LogP contribution in [0.15, 0.2) is 18.2 Å². The Labute approximate surface area is 94.0 Å². The molecule has 16 heavy (non-hydrogen) atoms. The molecule has 0 saturated carbocycles. The van der Waals surface area contributed by atoms with Gasteiger partial charge in [0, 0.05) is 24.3 Å². The van der Waals surface area contributed by atoms with Crippen LogP contribution in [-0.2, 0) is 4.79 Å². The van der Waals surface area contributed by atoms with E-state index < -0.39 is 0 Å². The maximum absolute atomic E-state index is 11.7. The van der Waals surface area contributed by atoms with Crippen molar-refractivity contribution in [3.05, 3.63) is 23.8 Å². The molecule has 1 heterocycles. The van der Waals surface area contributed by atoms with Crippen LogP contribution in [0.3, 0.4) is 0 Å². The van der Waals surface area contributed by atoms with Crippen LogP contribution in [0.25, 0.3) is 0 Å². The fourth-order valence-corrected chi connectivity index (χ4v) is 1.80. The van der Waals surface area contributed by atoms with E-state index in [4.69, 9.17) is 10.5 Å². The van der Waals surface area contributed by atoms with Crippen molar-refractivity contribution in [2.24, 2.45) is 5.73 Å². The number of methoxy groups -OCH3 is 1. The van der Waals surface area contributed by atoms with E-state index in [1.165, 1.54) is 0 Å². The zero-order valence-corrected chi connectivity index (χ0v) is 9.12. The second kappa shape index (κ2) is 4.51. The van der Waals surface area contributed by atoms with Gasteiger partial charge in [0.15, 0.2) is 0 Å². The lowest BCUT2D eigenvalue weighted by molar-refractivity contribution is -0.117. The minimum absolute atomic E-state index is 0.0447. The topological polar surface area (TPSA) is 76.4 Å². The van der Waals surface area contributed by atoms with E-state index in [0.717, 1.165) is 17.0 Å². The van der Waals surface area contributed by atoms with Gasteiger partial charge in [-0.1, -0.05) is 0 Å². The number of carbonyl (C=O) groups excluding carboxylic acids is 1. The van der Waals surface area contributed by atoms with E-state index in [9.17, 15) is 4.79 Å². The molecule has 1 aromatic carbocycles. The van der Waals surface area contributed by atoms with Crippen LogP contribution in [0.1, 0.15) is 11.6 Å². The van der Waals surface area contributed by atoms with Gasteiger partial charge in [-0.05, 0) is 18.2 Å². The average Bonchev–Trinajstić information content (AvgIpc) is 2.61. The highest BCUT2D eigenvalue weighted by Crippen LogP contribution is 2.33. The van der Waals surface area contributed by atoms with E-state index in [0.29, 0.717) is 13.1 Å². The molecule has 0 radical (unpaired) electrons. The van der Waals surface area contributed by atoms with Gasteiger partial charge in [-0.3, -0.25) is 4.79 Å². The van der Waals surface area contributed by atoms with Crippen molar-refractivity contribution in [1.29, 1.82) is 0 Å². The van der Waals surface area contributed by atoms with Crippen LogP contribution in [0, 0.1) is 0 Å². The van der Waals surface area contributed by atoms with Crippen molar-refractivity contribution in [3.8, 4) is 5.75 Å². The molecule has 0 aromatic heterocycles. The van der Waals surface area contributed by atoms with Crippen molar-refractivity contribution in [2.45, 2.75) is 6.04 Å². The SMILES string of the molecule is COc1ccc2c(c1)C(NCCN)C(=O)N2. The minimum atomic E-state index is -0.325. The minimum Gasteiger partial charge on any atom is -0.497 e. The highest BCUT2D eigenvalue weighted by atomic mass is 16.5. The maximum Gasteiger partial charge on any atom is 0.246 e. The number of anilines is 1. The number of carbonyl (C=O) groups is 1. The molecule has 1 aromatic rings. The predicted molar refractivity (Wildman–Crippen MR) is 61.4 cm³/mol. The normalized spacial score (nSPS) is 18.1. The van der Waals surface area contributed by atoms with Crippen LogP contribution >= 0.6 is 0 Å². The van der Waals surface area contributed by atoms with Crippen LogP contribution in [-0.4, -0.2) is 26.1 Å². The summed E-state index contributed by atoms with van der Waals surface area (Å²) in [7, 11) is 1.61. The zero-order valence-electron chi connectivity index (χ0n) is 9.12. The Morgan fingerprint density at radius 1 is 1.56 bits per heavy atom. The zero-order chi connectivity index (χ0) is 11.5. The van der Waals surface area contributed by atoms with Crippen molar-refractivity contribution < 1.29 is 9.53 Å². The number of nitrogens with one attached hydrogen (secondary N) is 2. The Bertz CT molecular complexity index is 406. The van der Waals surface area contributed by atoms with Gasteiger partial charge in [0.1, 0.15) is 11.8 Å². The maximum atomic E-state index is 11.7. The molecule has 5 nitrogen and oxygen atoms in total. The molecule has 1 unspecified atom stereocenters. The first-order valence-electron chi connectivity index (χ1n) is 5.18. The first-order valence-corrected chi connectivity index (χ1v) is 5.18. The molecule has 0 bridgehead atoms. The summed E-state index contributed by atoms with van der Waals surface area (Å²) in [5.74, 6) is 0.700. The summed E-state index contributed by atoms with van der Waals surface area (Å²) in [5.41, 5.74) is 7.16. The van der Waals surface area contributed by atoms with Gasteiger partial charge in [0.2, 0.25) is 5.91 Å². The number of ether oxygens (including phenoxy) is 1. The summed E-state index contributed by atoms with van der Waals surface area (Å²) in [5, 5.41) is 5.91. The van der Waals surface area contributed by atoms with Gasteiger partial charge < -0.3 is 21.1 Å². The van der Waals surface area contributed by atoms with E-state index in [1.54, 1.807) is 7.11 Å². The van der Waals surface area contributed by atoms with Crippen LogP contribution in [0.4, 0.5) is 5.69 Å². The van der Waals surface area contributed by atoms with Gasteiger partial charge in [-0.25, -0.2) is 0 Å². The summed E-state index contributed by atoms with van der Waals surface area (Å²) >= 11 is 0. The molecular weight excluding hydrogens is 206 g/mol. The lowest BCUT2D eigenvalue weighted by Gasteiger charge is -2.10. The third kappa shape index (κ3) is 1.87. The molecule has 4 N–H and O–H groups in total. The standard InChI is InChI=1S/C11H15N3O2/c1-16-7-2-3-9-8(6-7)10(11(15)14-9)13-5-4-12/h2-3,6,10,13H,4-5,12H2,1H3,(H,14,15). The number of benzene rings is 1. The first kappa shape index (κ1) is 10.9. The quantitative estimate of drug-likeness (QED) is 0.680. The molecule has 1 atom stereocenters. The van der Waals surface area contributed by atoms with Gasteiger partial charge in [-0.15, -0.1) is 0 Å². The molecule has 86 valence electrons. The molecule has 0 fully saturated rings. The molecule has 0 saturated heterocycles. The molecule has 1 amide bonds.